The summed E-state index contributed by atoms with van der Waals surface area (Å²) in [4.78, 5) is 16.3. The quantitative estimate of drug-likeness (QED) is 0.762. The Morgan fingerprint density at radius 2 is 1.53 bits per heavy atom. The highest BCUT2D eigenvalue weighted by Crippen LogP contribution is 2.47. The van der Waals surface area contributed by atoms with E-state index in [1.807, 2.05) is 48.5 Å². The number of alkyl halides is 1. The monoisotopic (exact) mass is 289 g/mol. The van der Waals surface area contributed by atoms with E-state index in [4.69, 9.17) is 11.6 Å². The minimum absolute atomic E-state index is 0.0372. The Labute approximate surface area is 121 Å². The van der Waals surface area contributed by atoms with Crippen molar-refractivity contribution in [1.82, 2.24) is 0 Å². The molecule has 1 heterocycles. The summed E-state index contributed by atoms with van der Waals surface area (Å²) in [6.45, 7) is 0. The highest BCUT2D eigenvalue weighted by molar-refractivity contribution is 7.99. The van der Waals surface area contributed by atoms with Crippen LogP contribution in [0.4, 0.5) is 11.4 Å². The van der Waals surface area contributed by atoms with Gasteiger partial charge >= 0.3 is 0 Å². The van der Waals surface area contributed by atoms with Crippen LogP contribution >= 0.6 is 23.4 Å². The van der Waals surface area contributed by atoms with Gasteiger partial charge in [0.15, 0.2) is 0 Å². The van der Waals surface area contributed by atoms with Crippen LogP contribution in [0, 0.1) is 0 Å². The molecule has 2 nitrogen and oxygen atoms in total. The second kappa shape index (κ2) is 5.27. The number of carbonyl (C=O) groups excluding carboxylic acids is 1. The van der Waals surface area contributed by atoms with Crippen molar-refractivity contribution in [1.29, 1.82) is 0 Å². The van der Waals surface area contributed by atoms with Crippen molar-refractivity contribution in [2.75, 3.05) is 10.8 Å². The van der Waals surface area contributed by atoms with Gasteiger partial charge < -0.3 is 0 Å². The average molecular weight is 290 g/mol. The largest absolute Gasteiger partial charge is 0.279 e. The number of nitrogens with zero attached hydrogens (tertiary/aromatic N) is 1. The molecule has 1 aliphatic rings. The van der Waals surface area contributed by atoms with Crippen LogP contribution in [-0.2, 0) is 4.79 Å². The fraction of sp³-hybridized carbons (Fsp3) is 0.133. The fourth-order valence-electron chi connectivity index (χ4n) is 2.17. The number of amides is 1. The summed E-state index contributed by atoms with van der Waals surface area (Å²) >= 11 is 7.41. The molecular formula is C15H12ClNOS. The van der Waals surface area contributed by atoms with Crippen molar-refractivity contribution < 1.29 is 4.79 Å². The topological polar surface area (TPSA) is 20.3 Å². The second-order valence-electron chi connectivity index (χ2n) is 4.21. The first kappa shape index (κ1) is 12.6. The number of anilines is 2. The number of para-hydroxylation sites is 2. The van der Waals surface area contributed by atoms with Crippen molar-refractivity contribution in [3.05, 3.63) is 48.5 Å². The Morgan fingerprint density at radius 1 is 1.00 bits per heavy atom. The number of rotatable bonds is 2. The number of benzene rings is 2. The lowest BCUT2D eigenvalue weighted by atomic mass is 10.2. The van der Waals surface area contributed by atoms with Crippen LogP contribution in [0.1, 0.15) is 6.42 Å². The lowest BCUT2D eigenvalue weighted by molar-refractivity contribution is -0.117. The zero-order chi connectivity index (χ0) is 13.2. The third-order valence-electron chi connectivity index (χ3n) is 2.99. The highest BCUT2D eigenvalue weighted by Gasteiger charge is 2.26. The Bertz CT molecular complexity index is 584. The average Bonchev–Trinajstić information content (AvgIpc) is 2.44. The molecule has 0 N–H and O–H groups in total. The predicted molar refractivity (Wildman–Crippen MR) is 79.5 cm³/mol. The van der Waals surface area contributed by atoms with Crippen molar-refractivity contribution in [3.63, 3.8) is 0 Å². The molecule has 2 aromatic rings. The fourth-order valence-corrected chi connectivity index (χ4v) is 3.39. The molecule has 0 fully saturated rings. The summed E-state index contributed by atoms with van der Waals surface area (Å²) in [5.74, 6) is 0.377. The Hall–Kier alpha value is -1.45. The molecule has 19 heavy (non-hydrogen) atoms. The molecule has 0 saturated heterocycles. The summed E-state index contributed by atoms with van der Waals surface area (Å²) in [5.41, 5.74) is 1.89. The molecule has 3 rings (SSSR count). The molecule has 0 aliphatic carbocycles. The SMILES string of the molecule is O=C(CCCl)N1c2ccccc2Sc2ccccc21. The maximum atomic E-state index is 12.4. The van der Waals surface area contributed by atoms with E-state index in [-0.39, 0.29) is 5.91 Å². The molecule has 0 spiro atoms. The predicted octanol–water partition coefficient (Wildman–Crippen LogP) is 4.44. The van der Waals surface area contributed by atoms with Gasteiger partial charge in [-0.3, -0.25) is 9.69 Å². The van der Waals surface area contributed by atoms with Gasteiger partial charge in [0.05, 0.1) is 11.4 Å². The molecule has 1 amide bonds. The molecule has 0 atom stereocenters. The van der Waals surface area contributed by atoms with E-state index in [1.54, 1.807) is 16.7 Å². The number of hydrogen-bond donors (Lipinski definition) is 0. The molecule has 4 heteroatoms. The molecule has 0 aromatic heterocycles. The van der Waals surface area contributed by atoms with Crippen LogP contribution in [0.3, 0.4) is 0 Å². The molecule has 0 saturated carbocycles. The van der Waals surface area contributed by atoms with E-state index in [2.05, 4.69) is 0 Å². The molecule has 0 bridgehead atoms. The van der Waals surface area contributed by atoms with Gasteiger partial charge in [-0.15, -0.1) is 11.6 Å². The zero-order valence-corrected chi connectivity index (χ0v) is 11.7. The first-order valence-corrected chi connectivity index (χ1v) is 7.41. The van der Waals surface area contributed by atoms with Crippen LogP contribution in [0.25, 0.3) is 0 Å². The number of hydrogen-bond acceptors (Lipinski definition) is 2. The maximum absolute atomic E-state index is 12.4. The van der Waals surface area contributed by atoms with Gasteiger partial charge in [-0.1, -0.05) is 36.0 Å². The lowest BCUT2D eigenvalue weighted by Gasteiger charge is -2.30. The summed E-state index contributed by atoms with van der Waals surface area (Å²) in [6, 6.07) is 15.9. The van der Waals surface area contributed by atoms with Gasteiger partial charge in [0.2, 0.25) is 5.91 Å². The first-order chi connectivity index (χ1) is 9.31. The van der Waals surface area contributed by atoms with E-state index < -0.39 is 0 Å². The Morgan fingerprint density at radius 3 is 2.05 bits per heavy atom. The normalized spacial score (nSPS) is 12.8. The molecule has 1 aliphatic heterocycles. The smallest absolute Gasteiger partial charge is 0.232 e. The van der Waals surface area contributed by atoms with Gasteiger partial charge in [0.1, 0.15) is 0 Å². The van der Waals surface area contributed by atoms with Crippen molar-refractivity contribution in [2.45, 2.75) is 16.2 Å². The van der Waals surface area contributed by atoms with Gasteiger partial charge in [-0.2, -0.15) is 0 Å². The Balaban J connectivity index is 2.14. The van der Waals surface area contributed by atoms with E-state index in [0.29, 0.717) is 12.3 Å². The summed E-state index contributed by atoms with van der Waals surface area (Å²) in [6.07, 6.45) is 0.342. The summed E-state index contributed by atoms with van der Waals surface area (Å²) in [5, 5.41) is 0. The van der Waals surface area contributed by atoms with E-state index >= 15 is 0 Å². The third kappa shape index (κ3) is 2.24. The van der Waals surface area contributed by atoms with Crippen LogP contribution < -0.4 is 4.90 Å². The molecular weight excluding hydrogens is 278 g/mol. The van der Waals surface area contributed by atoms with Crippen LogP contribution in [-0.4, -0.2) is 11.8 Å². The van der Waals surface area contributed by atoms with Crippen molar-refractivity contribution in [2.24, 2.45) is 0 Å². The van der Waals surface area contributed by atoms with E-state index in [9.17, 15) is 4.79 Å². The minimum atomic E-state index is 0.0372. The molecule has 0 radical (unpaired) electrons. The standard InChI is InChI=1S/C15H12ClNOS/c16-10-9-15(18)17-11-5-1-3-7-13(11)19-14-8-4-2-6-12(14)17/h1-8H,9-10H2. The number of carbonyl (C=O) groups is 1. The molecule has 96 valence electrons. The summed E-state index contributed by atoms with van der Waals surface area (Å²) < 4.78 is 0. The number of fused-ring (bicyclic) bond motifs is 2. The second-order valence-corrected chi connectivity index (χ2v) is 5.67. The van der Waals surface area contributed by atoms with Crippen molar-refractivity contribution in [3.8, 4) is 0 Å². The maximum Gasteiger partial charge on any atom is 0.232 e. The van der Waals surface area contributed by atoms with Crippen LogP contribution in [0.5, 0.6) is 0 Å². The minimum Gasteiger partial charge on any atom is -0.279 e. The Kier molecular flexibility index (Phi) is 3.49. The van der Waals surface area contributed by atoms with Gasteiger partial charge in [0, 0.05) is 22.1 Å². The van der Waals surface area contributed by atoms with Gasteiger partial charge in [-0.25, -0.2) is 0 Å². The summed E-state index contributed by atoms with van der Waals surface area (Å²) in [7, 11) is 0. The molecule has 0 unspecified atom stereocenters. The van der Waals surface area contributed by atoms with Crippen LogP contribution in [0.15, 0.2) is 58.3 Å². The van der Waals surface area contributed by atoms with E-state index in [1.165, 1.54) is 0 Å². The highest BCUT2D eigenvalue weighted by atomic mass is 35.5. The lowest BCUT2D eigenvalue weighted by Crippen LogP contribution is -2.28. The number of halogens is 1. The zero-order valence-electron chi connectivity index (χ0n) is 10.2. The van der Waals surface area contributed by atoms with Crippen LogP contribution in [0.2, 0.25) is 0 Å². The molecule has 2 aromatic carbocycles. The van der Waals surface area contributed by atoms with Gasteiger partial charge in [0.25, 0.3) is 0 Å². The van der Waals surface area contributed by atoms with Crippen molar-refractivity contribution >= 4 is 40.6 Å². The van der Waals surface area contributed by atoms with Gasteiger partial charge in [-0.05, 0) is 24.3 Å². The van der Waals surface area contributed by atoms with E-state index in [0.717, 1.165) is 21.2 Å². The first-order valence-electron chi connectivity index (χ1n) is 6.06. The third-order valence-corrected chi connectivity index (χ3v) is 4.31.